The van der Waals surface area contributed by atoms with Gasteiger partial charge in [-0.05, 0) is 0 Å². The van der Waals surface area contributed by atoms with Crippen molar-refractivity contribution >= 4 is 23.2 Å². The number of nitrogens with one attached hydrogen (secondary N) is 2. The quantitative estimate of drug-likeness (QED) is 0.426. The van der Waals surface area contributed by atoms with Crippen molar-refractivity contribution in [3.8, 4) is 0 Å². The van der Waals surface area contributed by atoms with Crippen molar-refractivity contribution in [3.05, 3.63) is 26.4 Å². The molecule has 0 aliphatic rings. The van der Waals surface area contributed by atoms with Gasteiger partial charge in [0.2, 0.25) is 0 Å². The molecule has 70 valence electrons. The van der Waals surface area contributed by atoms with Crippen molar-refractivity contribution in [1.29, 1.82) is 0 Å². The van der Waals surface area contributed by atoms with Crippen molar-refractivity contribution in [2.24, 2.45) is 0 Å². The summed E-state index contributed by atoms with van der Waals surface area (Å²) in [4.78, 5) is 36.6. The molecule has 6 nitrogen and oxygen atoms in total. The SMILES string of the molecule is Nc1[nH]c(=O)[nH]c(=O)c1C(=O)CCl. The Morgan fingerprint density at radius 1 is 1.38 bits per heavy atom. The van der Waals surface area contributed by atoms with Gasteiger partial charge in [-0.2, -0.15) is 0 Å². The number of aromatic amines is 2. The summed E-state index contributed by atoms with van der Waals surface area (Å²) in [6.45, 7) is 0. The van der Waals surface area contributed by atoms with Crippen LogP contribution in [-0.2, 0) is 0 Å². The van der Waals surface area contributed by atoms with Gasteiger partial charge in [0.15, 0.2) is 5.78 Å². The number of halogens is 1. The van der Waals surface area contributed by atoms with E-state index >= 15 is 0 Å². The van der Waals surface area contributed by atoms with E-state index in [2.05, 4.69) is 4.98 Å². The second kappa shape index (κ2) is 3.44. The van der Waals surface area contributed by atoms with Crippen LogP contribution in [0.3, 0.4) is 0 Å². The lowest BCUT2D eigenvalue weighted by Crippen LogP contribution is -2.30. The maximum absolute atomic E-state index is 11.0. The third-order valence-corrected chi connectivity index (χ3v) is 1.61. The molecule has 0 saturated heterocycles. The van der Waals surface area contributed by atoms with Crippen LogP contribution < -0.4 is 17.0 Å². The number of hydrogen-bond donors (Lipinski definition) is 3. The summed E-state index contributed by atoms with van der Waals surface area (Å²) in [6.07, 6.45) is 0. The number of hydrogen-bond acceptors (Lipinski definition) is 4. The van der Waals surface area contributed by atoms with Gasteiger partial charge in [0.05, 0.1) is 5.88 Å². The molecular formula is C6H6ClN3O3. The molecular weight excluding hydrogens is 198 g/mol. The Kier molecular flexibility index (Phi) is 2.52. The number of H-pyrrole nitrogens is 2. The van der Waals surface area contributed by atoms with E-state index < -0.39 is 17.0 Å². The van der Waals surface area contributed by atoms with Crippen LogP contribution in [0.2, 0.25) is 0 Å². The third kappa shape index (κ3) is 1.78. The Hall–Kier alpha value is -1.56. The van der Waals surface area contributed by atoms with Crippen LogP contribution in [0.4, 0.5) is 5.82 Å². The summed E-state index contributed by atoms with van der Waals surface area (Å²) in [7, 11) is 0. The third-order valence-electron chi connectivity index (χ3n) is 1.37. The number of Topliss-reactive ketones (excluding diaryl/α,β-unsaturated/α-hetero) is 1. The first-order valence-electron chi connectivity index (χ1n) is 3.27. The standard InChI is InChI=1S/C6H6ClN3O3/c7-1-2(11)3-4(8)9-6(13)10-5(3)12/h1H2,(H4,8,9,10,12,13). The Balaban J connectivity index is 3.46. The average molecular weight is 204 g/mol. The van der Waals surface area contributed by atoms with E-state index in [4.69, 9.17) is 17.3 Å². The lowest BCUT2D eigenvalue weighted by atomic mass is 10.2. The molecule has 0 radical (unpaired) electrons. The van der Waals surface area contributed by atoms with Crippen molar-refractivity contribution in [2.45, 2.75) is 0 Å². The number of ketones is 1. The second-order valence-electron chi connectivity index (χ2n) is 2.25. The topological polar surface area (TPSA) is 109 Å². The summed E-state index contributed by atoms with van der Waals surface area (Å²) in [5.74, 6) is -1.25. The number of nitrogen functional groups attached to an aromatic ring is 1. The fraction of sp³-hybridized carbons (Fsp3) is 0.167. The van der Waals surface area contributed by atoms with Crippen LogP contribution in [0.5, 0.6) is 0 Å². The van der Waals surface area contributed by atoms with Crippen LogP contribution in [-0.4, -0.2) is 21.6 Å². The van der Waals surface area contributed by atoms with Crippen molar-refractivity contribution in [3.63, 3.8) is 0 Å². The molecule has 1 aromatic heterocycles. The first-order valence-corrected chi connectivity index (χ1v) is 3.81. The summed E-state index contributed by atoms with van der Waals surface area (Å²) < 4.78 is 0. The summed E-state index contributed by atoms with van der Waals surface area (Å²) >= 11 is 5.22. The summed E-state index contributed by atoms with van der Waals surface area (Å²) in [6, 6.07) is 0. The van der Waals surface area contributed by atoms with E-state index in [0.29, 0.717) is 0 Å². The molecule has 0 saturated carbocycles. The molecule has 0 amide bonds. The molecule has 7 heteroatoms. The van der Waals surface area contributed by atoms with Gasteiger partial charge in [0.1, 0.15) is 11.4 Å². The number of carbonyl (C=O) groups excluding carboxylic acids is 1. The monoisotopic (exact) mass is 203 g/mol. The number of anilines is 1. The molecule has 4 N–H and O–H groups in total. The largest absolute Gasteiger partial charge is 0.384 e. The molecule has 0 bridgehead atoms. The molecule has 1 rings (SSSR count). The number of aromatic nitrogens is 2. The summed E-state index contributed by atoms with van der Waals surface area (Å²) in [5, 5.41) is 0. The van der Waals surface area contributed by atoms with Gasteiger partial charge in [-0.1, -0.05) is 0 Å². The van der Waals surface area contributed by atoms with E-state index in [0.717, 1.165) is 0 Å². The normalized spacial score (nSPS) is 9.92. The molecule has 1 aromatic rings. The molecule has 0 atom stereocenters. The maximum Gasteiger partial charge on any atom is 0.327 e. The highest BCUT2D eigenvalue weighted by atomic mass is 35.5. The molecule has 13 heavy (non-hydrogen) atoms. The van der Waals surface area contributed by atoms with Crippen molar-refractivity contribution in [1.82, 2.24) is 9.97 Å². The van der Waals surface area contributed by atoms with Gasteiger partial charge in [0, 0.05) is 0 Å². The highest BCUT2D eigenvalue weighted by molar-refractivity contribution is 6.30. The molecule has 0 unspecified atom stereocenters. The van der Waals surface area contributed by atoms with Crippen molar-refractivity contribution in [2.75, 3.05) is 11.6 Å². The number of alkyl halides is 1. The number of carbonyl (C=O) groups is 1. The van der Waals surface area contributed by atoms with E-state index in [1.807, 2.05) is 4.98 Å². The fourth-order valence-electron chi connectivity index (χ4n) is 0.848. The molecule has 0 fully saturated rings. The van der Waals surface area contributed by atoms with Crippen LogP contribution in [0.1, 0.15) is 10.4 Å². The number of rotatable bonds is 2. The van der Waals surface area contributed by atoms with Crippen LogP contribution in [0.25, 0.3) is 0 Å². The van der Waals surface area contributed by atoms with Gasteiger partial charge in [-0.25, -0.2) is 4.79 Å². The van der Waals surface area contributed by atoms with E-state index in [1.54, 1.807) is 0 Å². The maximum atomic E-state index is 11.0. The van der Waals surface area contributed by atoms with Gasteiger partial charge < -0.3 is 5.73 Å². The predicted octanol–water partition coefficient (Wildman–Crippen LogP) is -0.933. The second-order valence-corrected chi connectivity index (χ2v) is 2.52. The van der Waals surface area contributed by atoms with E-state index in [9.17, 15) is 14.4 Å². The summed E-state index contributed by atoms with van der Waals surface area (Å²) in [5.41, 5.74) is 3.35. The molecule has 1 heterocycles. The molecule has 0 aliphatic carbocycles. The highest BCUT2D eigenvalue weighted by Gasteiger charge is 2.14. The Labute approximate surface area is 76.7 Å². The predicted molar refractivity (Wildman–Crippen MR) is 47.1 cm³/mol. The van der Waals surface area contributed by atoms with Crippen LogP contribution in [0, 0.1) is 0 Å². The lowest BCUT2D eigenvalue weighted by molar-refractivity contribution is 0.102. The van der Waals surface area contributed by atoms with Gasteiger partial charge >= 0.3 is 5.69 Å². The van der Waals surface area contributed by atoms with Crippen LogP contribution in [0.15, 0.2) is 9.59 Å². The minimum atomic E-state index is -0.827. The Bertz CT molecular complexity index is 447. The van der Waals surface area contributed by atoms with Gasteiger partial charge in [-0.15, -0.1) is 11.6 Å². The zero-order chi connectivity index (χ0) is 10.0. The van der Waals surface area contributed by atoms with Gasteiger partial charge in [0.25, 0.3) is 5.56 Å². The van der Waals surface area contributed by atoms with Gasteiger partial charge in [-0.3, -0.25) is 19.6 Å². The van der Waals surface area contributed by atoms with Crippen LogP contribution >= 0.6 is 11.6 Å². The molecule has 0 spiro atoms. The minimum absolute atomic E-state index is 0.264. The first kappa shape index (κ1) is 9.53. The Morgan fingerprint density at radius 3 is 2.46 bits per heavy atom. The van der Waals surface area contributed by atoms with Crippen molar-refractivity contribution < 1.29 is 4.79 Å². The lowest BCUT2D eigenvalue weighted by Gasteiger charge is -1.98. The first-order chi connectivity index (χ1) is 6.06. The van der Waals surface area contributed by atoms with E-state index in [-0.39, 0.29) is 17.3 Å². The zero-order valence-corrected chi connectivity index (χ0v) is 7.14. The molecule has 0 aliphatic heterocycles. The fourth-order valence-corrected chi connectivity index (χ4v) is 0.981. The minimum Gasteiger partial charge on any atom is -0.384 e. The highest BCUT2D eigenvalue weighted by Crippen LogP contribution is 2.00. The smallest absolute Gasteiger partial charge is 0.327 e. The molecule has 0 aromatic carbocycles. The Morgan fingerprint density at radius 2 is 2.00 bits per heavy atom. The average Bonchev–Trinajstić information content (AvgIpc) is 2.02. The number of nitrogens with two attached hydrogens (primary N) is 1. The zero-order valence-electron chi connectivity index (χ0n) is 6.39. The van der Waals surface area contributed by atoms with E-state index in [1.165, 1.54) is 0 Å².